The number of ether oxygens (including phenoxy) is 6. The van der Waals surface area contributed by atoms with Gasteiger partial charge in [0, 0.05) is 26.1 Å². The first-order chi connectivity index (χ1) is 31.5. The molecule has 36 heteroatoms. The van der Waals surface area contributed by atoms with Crippen LogP contribution in [0, 0.1) is 0 Å². The van der Waals surface area contributed by atoms with Crippen LogP contribution in [0.2, 0.25) is 0 Å². The maximum absolute atomic E-state index is 12.4. The van der Waals surface area contributed by atoms with Gasteiger partial charge in [0.05, 0.1) is 114 Å². The normalized spacial score (nSPS) is 29.6. The predicted octanol–water partition coefficient (Wildman–Crippen LogP) is 0.314. The molecule has 7 unspecified atom stereocenters. The fraction of sp³-hybridized carbons (Fsp3) is 1.00. The maximum atomic E-state index is 12.4. The Morgan fingerprint density at radius 1 is 0.522 bits per heavy atom. The summed E-state index contributed by atoms with van der Waals surface area (Å²) in [6.07, 6.45) is -0.571. The molecular weight excluding hydrogens is 1160 g/mol. The minimum Gasteiger partial charge on any atom is -0.812 e. The van der Waals surface area contributed by atoms with Gasteiger partial charge in [-0.1, -0.05) is 53.9 Å². The first-order valence-electron chi connectivity index (χ1n) is 21.2. The van der Waals surface area contributed by atoms with E-state index in [1.807, 2.05) is 62.3 Å². The zero-order chi connectivity index (χ0) is 53.0. The Balaban J connectivity index is 0.000000542. The summed E-state index contributed by atoms with van der Waals surface area (Å²) in [5, 5.41) is 0. The van der Waals surface area contributed by atoms with Crippen LogP contribution in [0.4, 0.5) is 0 Å². The van der Waals surface area contributed by atoms with Gasteiger partial charge >= 0.3 is 0 Å². The van der Waals surface area contributed by atoms with E-state index in [-0.39, 0.29) is 88.5 Å². The van der Waals surface area contributed by atoms with E-state index in [0.29, 0.717) is 19.4 Å². The summed E-state index contributed by atoms with van der Waals surface area (Å²) < 4.78 is 87.8. The van der Waals surface area contributed by atoms with Crippen molar-refractivity contribution in [1.82, 2.24) is 0 Å². The summed E-state index contributed by atoms with van der Waals surface area (Å²) >= 11 is 26.6. The van der Waals surface area contributed by atoms with E-state index in [1.54, 1.807) is 0 Å². The molecule has 0 radical (unpaired) electrons. The van der Waals surface area contributed by atoms with Gasteiger partial charge < -0.3 is 125 Å². The largest absolute Gasteiger partial charge is 0.812 e. The molecule has 14 atom stereocenters. The standard InChI is InChI=1S/C13H29O11P3S3.C11H24O8P2S2.C9H19O5PS/c1-10(2)18-9-13-12(8-11(3)23-13)24-27(17,30)22-7-6-21-26(16,29)20-5-4-19-25(14,15)28;1-8(2)15-7-11-10(6-9(3)18-11)19-21(14,23)17-5-4-16-20(12,13)22;1-6(2)13-8-4-7(3)14-9(8)5-12-15(10,11)16/h10-13H,4-9H2,1-3H3,(H,16,29)(H,17,30)(H2,14,15,28);8-11H,4-7H2,1-3H3,(H,14,23)(H2,12,13,22);6-9H,4-5H2,1-3H3,(H2,10,11,16)/p-8/t11-,12?,13+,26?,27?;9-,10?,11+,21?;7-,8+,9+/m000/s1. The molecule has 3 aliphatic heterocycles. The number of hydrogen-bond acceptors (Lipinski definition) is 29. The Labute approximate surface area is 436 Å². The molecule has 0 saturated carbocycles. The minimum atomic E-state index is -4.33. The van der Waals surface area contributed by atoms with Crippen molar-refractivity contribution in [2.24, 2.45) is 0 Å². The Hall–Kier alpha value is 2.91. The second kappa shape index (κ2) is 33.4. The van der Waals surface area contributed by atoms with Gasteiger partial charge in [-0.25, -0.2) is 0 Å². The van der Waals surface area contributed by atoms with E-state index < -0.39 is 78.0 Å². The smallest absolute Gasteiger partial charge is 0.116 e. The topological polar surface area (TPSA) is 337 Å². The van der Waals surface area contributed by atoms with Gasteiger partial charge in [-0.2, -0.15) is 0 Å². The molecule has 3 fully saturated rings. The van der Waals surface area contributed by atoms with Crippen molar-refractivity contribution >= 4 is 112 Å². The SMILES string of the molecule is CC(C)OC[C@H]1O[C@@H](C)CC1OP([O-])(=S)OCCOP(=O)([O-])[S-].CC(C)OC[C@H]1O[C@@H](C)CC1OP([O-])(=S)OCCOP([O-])(=S)OCCOP([O-])([O-])=S.CC(C)O[C@@H]1C[C@H](C)O[C@@H]1COP([O-])(O)=S. The maximum Gasteiger partial charge on any atom is 0.116 e. The van der Waals surface area contributed by atoms with Crippen molar-refractivity contribution in [3.05, 3.63) is 0 Å². The molecule has 3 aliphatic rings. The fourth-order valence-corrected chi connectivity index (χ4v) is 11.6. The molecule has 0 aromatic heterocycles. The van der Waals surface area contributed by atoms with Crippen molar-refractivity contribution in [1.29, 1.82) is 0 Å². The van der Waals surface area contributed by atoms with E-state index in [2.05, 4.69) is 56.7 Å². The number of rotatable bonds is 30. The quantitative estimate of drug-likeness (QED) is 0.0575. The van der Waals surface area contributed by atoms with Crippen molar-refractivity contribution in [2.75, 3.05) is 59.5 Å². The molecule has 3 saturated heterocycles. The molecule has 0 amide bonds. The molecular formula is C33H64O24P6S6-8. The molecule has 0 spiro atoms. The van der Waals surface area contributed by atoms with Crippen LogP contribution in [-0.4, -0.2) is 138 Å². The Morgan fingerprint density at radius 2 is 0.855 bits per heavy atom. The number of hydrogen-bond donors (Lipinski definition) is 1. The molecule has 414 valence electrons. The molecule has 1 N–H and O–H groups in total. The third-order valence-corrected chi connectivity index (χ3v) is 15.7. The Kier molecular flexibility index (Phi) is 33.8. The summed E-state index contributed by atoms with van der Waals surface area (Å²) in [4.78, 5) is 88.0. The van der Waals surface area contributed by atoms with E-state index in [0.717, 1.165) is 6.42 Å². The van der Waals surface area contributed by atoms with Crippen LogP contribution in [0.5, 0.6) is 0 Å². The predicted molar refractivity (Wildman–Crippen MR) is 259 cm³/mol. The second-order valence-corrected chi connectivity index (χ2v) is 31.7. The van der Waals surface area contributed by atoms with E-state index in [9.17, 15) is 38.8 Å². The highest BCUT2D eigenvalue weighted by Gasteiger charge is 2.38. The average molecular weight is 1220 g/mol. The van der Waals surface area contributed by atoms with Crippen molar-refractivity contribution < 1.29 is 113 Å². The van der Waals surface area contributed by atoms with Crippen LogP contribution in [0.25, 0.3) is 0 Å². The average Bonchev–Trinajstić information content (AvgIpc) is 3.83. The van der Waals surface area contributed by atoms with E-state index >= 15 is 0 Å². The molecule has 0 aromatic carbocycles. The van der Waals surface area contributed by atoms with Gasteiger partial charge in [-0.15, -0.1) is 11.8 Å². The van der Waals surface area contributed by atoms with Gasteiger partial charge in [-0.3, -0.25) is 0 Å². The third kappa shape index (κ3) is 36.6. The van der Waals surface area contributed by atoms with Crippen LogP contribution in [0.3, 0.4) is 0 Å². The highest BCUT2D eigenvalue weighted by molar-refractivity contribution is 8.31. The molecule has 0 aliphatic carbocycles. The van der Waals surface area contributed by atoms with Crippen LogP contribution in [0.1, 0.15) is 81.6 Å². The van der Waals surface area contributed by atoms with Gasteiger partial charge in [0.15, 0.2) is 0 Å². The zero-order valence-corrected chi connectivity index (χ0v) is 49.6. The Bertz CT molecular complexity index is 1760. The Morgan fingerprint density at radius 3 is 1.19 bits per heavy atom. The van der Waals surface area contributed by atoms with Crippen molar-refractivity contribution in [2.45, 2.75) is 155 Å². The summed E-state index contributed by atoms with van der Waals surface area (Å²) in [6, 6.07) is 0. The summed E-state index contributed by atoms with van der Waals surface area (Å²) in [5.41, 5.74) is 0. The van der Waals surface area contributed by atoms with Crippen LogP contribution >= 0.6 is 40.4 Å². The third-order valence-electron chi connectivity index (χ3n) is 8.47. The molecule has 69 heavy (non-hydrogen) atoms. The first kappa shape index (κ1) is 69.9. The lowest BCUT2D eigenvalue weighted by molar-refractivity contribution is -0.321. The van der Waals surface area contributed by atoms with Gasteiger partial charge in [0.25, 0.3) is 0 Å². The minimum absolute atomic E-state index is 0.000988. The molecule has 0 aromatic rings. The lowest BCUT2D eigenvalue weighted by Crippen LogP contribution is -2.31. The highest BCUT2D eigenvalue weighted by atomic mass is 32.7. The first-order valence-corrected chi connectivity index (χ1v) is 36.6. The second-order valence-electron chi connectivity index (χ2n) is 15.9. The molecule has 0 bridgehead atoms. The fourth-order valence-electron chi connectivity index (χ4n) is 5.98. The molecule has 3 heterocycles. The zero-order valence-electron chi connectivity index (χ0n) is 39.4. The summed E-state index contributed by atoms with van der Waals surface area (Å²) in [5.74, 6) is 0. The highest BCUT2D eigenvalue weighted by Crippen LogP contribution is 2.46. The van der Waals surface area contributed by atoms with Crippen molar-refractivity contribution in [3.63, 3.8) is 0 Å². The molecule has 24 nitrogen and oxygen atoms in total. The lowest BCUT2D eigenvalue weighted by Gasteiger charge is -2.35. The monoisotopic (exact) mass is 1220 g/mol. The van der Waals surface area contributed by atoms with Crippen LogP contribution in [-0.2, 0) is 145 Å². The van der Waals surface area contributed by atoms with Crippen LogP contribution < -0.4 is 34.3 Å². The summed E-state index contributed by atoms with van der Waals surface area (Å²) in [6.45, 7) is -8.61. The molecule has 3 rings (SSSR count). The van der Waals surface area contributed by atoms with Crippen molar-refractivity contribution in [3.8, 4) is 0 Å². The van der Waals surface area contributed by atoms with Crippen LogP contribution in [0.15, 0.2) is 0 Å². The van der Waals surface area contributed by atoms with E-state index in [4.69, 9.17) is 88.6 Å². The van der Waals surface area contributed by atoms with Gasteiger partial charge in [0.2, 0.25) is 0 Å². The van der Waals surface area contributed by atoms with Gasteiger partial charge in [-0.05, 0) is 62.3 Å². The summed E-state index contributed by atoms with van der Waals surface area (Å²) in [7, 11) is 0. The lowest BCUT2D eigenvalue weighted by atomic mass is 10.1. The van der Waals surface area contributed by atoms with E-state index in [1.165, 1.54) is 0 Å². The van der Waals surface area contributed by atoms with Gasteiger partial charge in [0.1, 0.15) is 45.2 Å².